The van der Waals surface area contributed by atoms with Gasteiger partial charge in [-0.25, -0.2) is 4.79 Å². The number of imide groups is 1. The summed E-state index contributed by atoms with van der Waals surface area (Å²) in [5, 5.41) is 18.0. The summed E-state index contributed by atoms with van der Waals surface area (Å²) >= 11 is 0. The molecule has 2 rings (SSSR count). The van der Waals surface area contributed by atoms with Crippen LogP contribution in [0, 0.1) is 0 Å². The highest BCUT2D eigenvalue weighted by Gasteiger charge is 2.42. The molecule has 1 heterocycles. The first-order valence-electron chi connectivity index (χ1n) is 6.38. The third-order valence-electron chi connectivity index (χ3n) is 3.31. The van der Waals surface area contributed by atoms with Crippen molar-refractivity contribution in [3.63, 3.8) is 0 Å². The molecular formula is C14H15NO5. The zero-order valence-corrected chi connectivity index (χ0v) is 10.8. The average molecular weight is 277 g/mol. The topological polar surface area (TPSA) is 94.9 Å². The van der Waals surface area contributed by atoms with Gasteiger partial charge in [0.2, 0.25) is 0 Å². The van der Waals surface area contributed by atoms with Gasteiger partial charge in [0.05, 0.1) is 11.1 Å². The molecule has 0 saturated carbocycles. The molecule has 0 spiro atoms. The van der Waals surface area contributed by atoms with Gasteiger partial charge in [-0.3, -0.25) is 14.5 Å². The second-order valence-electron chi connectivity index (χ2n) is 4.60. The number of unbranched alkanes of at least 4 members (excludes halogenated alkanes) is 1. The molecule has 0 radical (unpaired) electrons. The number of benzene rings is 1. The lowest BCUT2D eigenvalue weighted by Crippen LogP contribution is -2.44. The molecule has 6 nitrogen and oxygen atoms in total. The number of fused-ring (bicyclic) bond motifs is 1. The van der Waals surface area contributed by atoms with Crippen molar-refractivity contribution in [3.8, 4) is 0 Å². The maximum atomic E-state index is 12.2. The van der Waals surface area contributed by atoms with Crippen molar-refractivity contribution in [2.75, 3.05) is 6.61 Å². The molecule has 0 fully saturated rings. The molecule has 1 aliphatic rings. The molecule has 2 N–H and O–H groups in total. The third kappa shape index (κ3) is 2.42. The summed E-state index contributed by atoms with van der Waals surface area (Å²) in [4.78, 5) is 36.5. The van der Waals surface area contributed by atoms with Crippen molar-refractivity contribution in [3.05, 3.63) is 35.4 Å². The number of nitrogens with zero attached hydrogens (tertiary/aromatic N) is 1. The second kappa shape index (κ2) is 5.83. The zero-order valence-electron chi connectivity index (χ0n) is 10.8. The minimum Gasteiger partial charge on any atom is -0.480 e. The summed E-state index contributed by atoms with van der Waals surface area (Å²) in [7, 11) is 0. The van der Waals surface area contributed by atoms with E-state index in [1.807, 2.05) is 0 Å². The minimum atomic E-state index is -1.21. The van der Waals surface area contributed by atoms with E-state index in [1.54, 1.807) is 12.1 Å². The van der Waals surface area contributed by atoms with Gasteiger partial charge in [-0.1, -0.05) is 12.1 Å². The number of carboxylic acid groups (broad SMARTS) is 1. The lowest BCUT2D eigenvalue weighted by Gasteiger charge is -2.22. The Kier molecular flexibility index (Phi) is 4.14. The van der Waals surface area contributed by atoms with Gasteiger partial charge >= 0.3 is 5.97 Å². The molecule has 0 aromatic heterocycles. The number of carbonyl (C=O) groups is 3. The molecule has 0 saturated heterocycles. The number of aliphatic hydroxyl groups excluding tert-OH is 1. The fraction of sp³-hybridized carbons (Fsp3) is 0.357. The SMILES string of the molecule is O=C(O)C(CCCCO)N1C(=O)c2ccccc2C1=O. The summed E-state index contributed by atoms with van der Waals surface area (Å²) < 4.78 is 0. The molecule has 1 atom stereocenters. The van der Waals surface area contributed by atoms with Gasteiger partial charge in [-0.2, -0.15) is 0 Å². The van der Waals surface area contributed by atoms with E-state index < -0.39 is 23.8 Å². The van der Waals surface area contributed by atoms with Crippen molar-refractivity contribution in [1.82, 2.24) is 4.90 Å². The number of aliphatic hydroxyl groups is 1. The zero-order chi connectivity index (χ0) is 14.7. The molecule has 106 valence electrons. The molecule has 6 heteroatoms. The third-order valence-corrected chi connectivity index (χ3v) is 3.31. The van der Waals surface area contributed by atoms with E-state index in [2.05, 4.69) is 0 Å². The summed E-state index contributed by atoms with van der Waals surface area (Å²) in [6, 6.07) is 5.11. The maximum absolute atomic E-state index is 12.2. The van der Waals surface area contributed by atoms with Crippen molar-refractivity contribution in [2.45, 2.75) is 25.3 Å². The van der Waals surface area contributed by atoms with E-state index in [9.17, 15) is 19.5 Å². The van der Waals surface area contributed by atoms with Crippen LogP contribution in [0.3, 0.4) is 0 Å². The van der Waals surface area contributed by atoms with E-state index in [0.29, 0.717) is 12.8 Å². The first-order valence-corrected chi connectivity index (χ1v) is 6.38. The smallest absolute Gasteiger partial charge is 0.326 e. The van der Waals surface area contributed by atoms with Crippen molar-refractivity contribution < 1.29 is 24.6 Å². The van der Waals surface area contributed by atoms with Gasteiger partial charge in [0.1, 0.15) is 6.04 Å². The molecule has 1 unspecified atom stereocenters. The van der Waals surface area contributed by atoms with E-state index in [1.165, 1.54) is 12.1 Å². The largest absolute Gasteiger partial charge is 0.480 e. The van der Waals surface area contributed by atoms with Crippen molar-refractivity contribution >= 4 is 17.8 Å². The van der Waals surface area contributed by atoms with E-state index in [4.69, 9.17) is 5.11 Å². The number of amides is 2. The number of carbonyl (C=O) groups excluding carboxylic acids is 2. The second-order valence-corrected chi connectivity index (χ2v) is 4.60. The number of carboxylic acids is 1. The van der Waals surface area contributed by atoms with Crippen LogP contribution in [-0.4, -0.2) is 45.5 Å². The Morgan fingerprint density at radius 2 is 1.65 bits per heavy atom. The fourth-order valence-corrected chi connectivity index (χ4v) is 2.30. The van der Waals surface area contributed by atoms with Crippen LogP contribution in [-0.2, 0) is 4.79 Å². The Morgan fingerprint density at radius 3 is 2.10 bits per heavy atom. The molecule has 1 aliphatic heterocycles. The minimum absolute atomic E-state index is 0.0472. The standard InChI is InChI=1S/C14H15NO5/c16-8-4-3-7-11(14(19)20)15-12(17)9-5-1-2-6-10(9)13(15)18/h1-2,5-6,11,16H,3-4,7-8H2,(H,19,20). The van der Waals surface area contributed by atoms with Crippen LogP contribution in [0.4, 0.5) is 0 Å². The predicted octanol–water partition coefficient (Wildman–Crippen LogP) is 0.898. The van der Waals surface area contributed by atoms with Gasteiger partial charge < -0.3 is 10.2 Å². The van der Waals surface area contributed by atoms with Gasteiger partial charge in [-0.05, 0) is 31.4 Å². The number of rotatable bonds is 6. The van der Waals surface area contributed by atoms with Crippen molar-refractivity contribution in [1.29, 1.82) is 0 Å². The summed E-state index contributed by atoms with van der Waals surface area (Å²) in [5.74, 6) is -2.35. The Bertz CT molecular complexity index is 519. The Labute approximate surface area is 115 Å². The molecule has 0 aliphatic carbocycles. The van der Waals surface area contributed by atoms with Gasteiger partial charge in [0.25, 0.3) is 11.8 Å². The summed E-state index contributed by atoms with van der Waals surface area (Å²) in [6.45, 7) is -0.0472. The van der Waals surface area contributed by atoms with Crippen LogP contribution >= 0.6 is 0 Å². The molecule has 1 aromatic carbocycles. The van der Waals surface area contributed by atoms with Gasteiger partial charge in [0, 0.05) is 6.61 Å². The highest BCUT2D eigenvalue weighted by molar-refractivity contribution is 6.22. The van der Waals surface area contributed by atoms with Crippen LogP contribution < -0.4 is 0 Å². The van der Waals surface area contributed by atoms with Crippen LogP contribution in [0.5, 0.6) is 0 Å². The predicted molar refractivity (Wildman–Crippen MR) is 69.3 cm³/mol. The highest BCUT2D eigenvalue weighted by atomic mass is 16.4. The van der Waals surface area contributed by atoms with E-state index >= 15 is 0 Å². The number of hydrogen-bond acceptors (Lipinski definition) is 4. The molecular weight excluding hydrogens is 262 g/mol. The molecule has 0 bridgehead atoms. The molecule has 1 aromatic rings. The van der Waals surface area contributed by atoms with Crippen LogP contribution in [0.25, 0.3) is 0 Å². The normalized spacial score (nSPS) is 15.3. The van der Waals surface area contributed by atoms with Crippen LogP contribution in [0.1, 0.15) is 40.0 Å². The number of aliphatic carboxylic acids is 1. The van der Waals surface area contributed by atoms with Crippen LogP contribution in [0.15, 0.2) is 24.3 Å². The molecule has 2 amide bonds. The first kappa shape index (κ1) is 14.2. The van der Waals surface area contributed by atoms with Gasteiger partial charge in [-0.15, -0.1) is 0 Å². The monoisotopic (exact) mass is 277 g/mol. The van der Waals surface area contributed by atoms with Gasteiger partial charge in [0.15, 0.2) is 0 Å². The lowest BCUT2D eigenvalue weighted by atomic mass is 10.1. The quantitative estimate of drug-likeness (QED) is 0.595. The van der Waals surface area contributed by atoms with Crippen molar-refractivity contribution in [2.24, 2.45) is 0 Å². The highest BCUT2D eigenvalue weighted by Crippen LogP contribution is 2.26. The maximum Gasteiger partial charge on any atom is 0.326 e. The summed E-state index contributed by atoms with van der Waals surface area (Å²) in [5.41, 5.74) is 0.483. The lowest BCUT2D eigenvalue weighted by molar-refractivity contribution is -0.141. The molecule has 20 heavy (non-hydrogen) atoms. The Morgan fingerprint density at radius 1 is 1.10 bits per heavy atom. The van der Waals surface area contributed by atoms with E-state index in [0.717, 1.165) is 4.90 Å². The van der Waals surface area contributed by atoms with E-state index in [-0.39, 0.29) is 24.2 Å². The first-order chi connectivity index (χ1) is 9.57. The average Bonchev–Trinajstić information content (AvgIpc) is 2.68. The fourth-order valence-electron chi connectivity index (χ4n) is 2.30. The number of hydrogen-bond donors (Lipinski definition) is 2. The van der Waals surface area contributed by atoms with Crippen LogP contribution in [0.2, 0.25) is 0 Å². The summed E-state index contributed by atoms with van der Waals surface area (Å²) in [6.07, 6.45) is 1.01. The Hall–Kier alpha value is -2.21. The Balaban J connectivity index is 2.25.